The van der Waals surface area contributed by atoms with Crippen LogP contribution in [0.25, 0.3) is 0 Å². The van der Waals surface area contributed by atoms with E-state index in [4.69, 9.17) is 0 Å². The fourth-order valence-corrected chi connectivity index (χ4v) is 5.60. The van der Waals surface area contributed by atoms with Crippen molar-refractivity contribution in [3.8, 4) is 0 Å². The fraction of sp³-hybridized carbons (Fsp3) is 1.00. The first-order valence-corrected chi connectivity index (χ1v) is 10.0. The summed E-state index contributed by atoms with van der Waals surface area (Å²) in [6, 6.07) is 0. The molecule has 124 valence electrons. The summed E-state index contributed by atoms with van der Waals surface area (Å²) in [5, 5.41) is 3.41. The van der Waals surface area contributed by atoms with Crippen molar-refractivity contribution in [2.45, 2.75) is 76.5 Å². The molecule has 5 heteroatoms. The maximum absolute atomic E-state index is 12.8. The van der Waals surface area contributed by atoms with Crippen LogP contribution >= 0.6 is 0 Å². The van der Waals surface area contributed by atoms with E-state index in [9.17, 15) is 8.42 Å². The molecule has 0 spiro atoms. The number of sulfonamides is 1. The molecule has 1 unspecified atom stereocenters. The van der Waals surface area contributed by atoms with E-state index in [1.165, 1.54) is 6.42 Å². The van der Waals surface area contributed by atoms with E-state index in [1.807, 2.05) is 0 Å². The van der Waals surface area contributed by atoms with Crippen molar-refractivity contribution in [1.82, 2.24) is 9.62 Å². The van der Waals surface area contributed by atoms with Gasteiger partial charge in [0, 0.05) is 18.6 Å². The minimum absolute atomic E-state index is 0.102. The average Bonchev–Trinajstić information content (AvgIpc) is 2.46. The Hall–Kier alpha value is -0.130. The van der Waals surface area contributed by atoms with Gasteiger partial charge in [0.05, 0.1) is 5.25 Å². The molecule has 1 saturated heterocycles. The highest BCUT2D eigenvalue weighted by atomic mass is 32.2. The van der Waals surface area contributed by atoms with Crippen LogP contribution in [0.15, 0.2) is 0 Å². The van der Waals surface area contributed by atoms with Crippen LogP contribution in [0.5, 0.6) is 0 Å². The largest absolute Gasteiger partial charge is 0.312 e. The Morgan fingerprint density at radius 1 is 1.05 bits per heavy atom. The Morgan fingerprint density at radius 2 is 1.71 bits per heavy atom. The number of hydrogen-bond donors (Lipinski definition) is 1. The highest BCUT2D eigenvalue weighted by Gasteiger charge is 2.35. The minimum atomic E-state index is -3.07. The molecule has 0 aromatic carbocycles. The van der Waals surface area contributed by atoms with Crippen LogP contribution in [0.2, 0.25) is 0 Å². The van der Waals surface area contributed by atoms with Gasteiger partial charge < -0.3 is 5.32 Å². The summed E-state index contributed by atoms with van der Waals surface area (Å²) in [5.74, 6) is 0.455. The molecule has 0 radical (unpaired) electrons. The third-order valence-corrected chi connectivity index (χ3v) is 7.10. The van der Waals surface area contributed by atoms with Crippen molar-refractivity contribution in [1.29, 1.82) is 0 Å². The molecule has 0 bridgehead atoms. The molecule has 21 heavy (non-hydrogen) atoms. The molecular weight excluding hydrogens is 284 g/mol. The van der Waals surface area contributed by atoms with Crippen molar-refractivity contribution in [3.63, 3.8) is 0 Å². The first kappa shape index (κ1) is 17.2. The van der Waals surface area contributed by atoms with Gasteiger partial charge in [0.1, 0.15) is 0 Å². The molecular formula is C16H32N2O2S. The van der Waals surface area contributed by atoms with Crippen molar-refractivity contribution in [3.05, 3.63) is 0 Å². The molecule has 1 aliphatic carbocycles. The van der Waals surface area contributed by atoms with Crippen molar-refractivity contribution in [2.24, 2.45) is 5.92 Å². The van der Waals surface area contributed by atoms with Gasteiger partial charge in [-0.05, 0) is 58.9 Å². The number of piperidine rings is 1. The third kappa shape index (κ3) is 4.93. The Balaban J connectivity index is 1.93. The van der Waals surface area contributed by atoms with Crippen LogP contribution in [0.3, 0.4) is 0 Å². The average molecular weight is 317 g/mol. The van der Waals surface area contributed by atoms with Gasteiger partial charge in [0.25, 0.3) is 0 Å². The van der Waals surface area contributed by atoms with E-state index in [0.717, 1.165) is 51.6 Å². The van der Waals surface area contributed by atoms with Gasteiger partial charge in [-0.2, -0.15) is 0 Å². The molecule has 2 fully saturated rings. The zero-order valence-corrected chi connectivity index (χ0v) is 14.7. The third-order valence-electron chi connectivity index (χ3n) is 4.74. The molecule has 0 aromatic heterocycles. The second kappa shape index (κ2) is 6.97. The Morgan fingerprint density at radius 3 is 2.33 bits per heavy atom. The lowest BCUT2D eigenvalue weighted by atomic mass is 9.98. The lowest BCUT2D eigenvalue weighted by Gasteiger charge is -2.36. The molecule has 2 aliphatic rings. The summed E-state index contributed by atoms with van der Waals surface area (Å²) in [7, 11) is -3.07. The molecule has 2 rings (SSSR count). The van der Waals surface area contributed by atoms with E-state index in [-0.39, 0.29) is 10.8 Å². The van der Waals surface area contributed by atoms with E-state index < -0.39 is 10.0 Å². The van der Waals surface area contributed by atoms with Gasteiger partial charge in [-0.15, -0.1) is 0 Å². The molecule has 1 N–H and O–H groups in total. The predicted molar refractivity (Wildman–Crippen MR) is 87.8 cm³/mol. The standard InChI is InChI=1S/C16H32N2O2S/c1-16(2,3)17-12-14-8-7-11-18(13-14)21(19,20)15-9-5-4-6-10-15/h14-15,17H,4-13H2,1-3H3. The summed E-state index contributed by atoms with van der Waals surface area (Å²) in [4.78, 5) is 0. The predicted octanol–water partition coefficient (Wildman–Crippen LogP) is 2.75. The molecule has 4 nitrogen and oxygen atoms in total. The van der Waals surface area contributed by atoms with Crippen LogP contribution in [0, 0.1) is 5.92 Å². The molecule has 0 aromatic rings. The van der Waals surface area contributed by atoms with E-state index >= 15 is 0 Å². The van der Waals surface area contributed by atoms with Gasteiger partial charge in [-0.3, -0.25) is 0 Å². The number of nitrogens with one attached hydrogen (secondary N) is 1. The Bertz CT molecular complexity index is 422. The van der Waals surface area contributed by atoms with Crippen molar-refractivity contribution < 1.29 is 8.42 Å². The fourth-order valence-electron chi connectivity index (χ4n) is 3.45. The van der Waals surface area contributed by atoms with Crippen LogP contribution < -0.4 is 5.32 Å². The number of hydrogen-bond acceptors (Lipinski definition) is 3. The second-order valence-electron chi connectivity index (χ2n) is 7.80. The monoisotopic (exact) mass is 316 g/mol. The molecule has 1 heterocycles. The van der Waals surface area contributed by atoms with E-state index in [0.29, 0.717) is 12.5 Å². The molecule has 0 amide bonds. The zero-order chi connectivity index (χ0) is 15.5. The second-order valence-corrected chi connectivity index (χ2v) is 10.0. The van der Waals surface area contributed by atoms with Gasteiger partial charge >= 0.3 is 0 Å². The molecule has 1 atom stereocenters. The van der Waals surface area contributed by atoms with Crippen LogP contribution in [-0.2, 0) is 10.0 Å². The summed E-state index contributed by atoms with van der Waals surface area (Å²) in [6.07, 6.45) is 7.22. The smallest absolute Gasteiger partial charge is 0.216 e. The Kier molecular flexibility index (Phi) is 5.71. The molecule has 1 saturated carbocycles. The Labute approximate surface area is 130 Å². The van der Waals surface area contributed by atoms with Gasteiger partial charge in [0.2, 0.25) is 10.0 Å². The molecule has 1 aliphatic heterocycles. The lowest BCUT2D eigenvalue weighted by molar-refractivity contribution is 0.241. The zero-order valence-electron chi connectivity index (χ0n) is 13.9. The van der Waals surface area contributed by atoms with Gasteiger partial charge in [-0.1, -0.05) is 19.3 Å². The van der Waals surface area contributed by atoms with Crippen molar-refractivity contribution >= 4 is 10.0 Å². The lowest BCUT2D eigenvalue weighted by Crippen LogP contribution is -2.48. The number of rotatable bonds is 4. The topological polar surface area (TPSA) is 49.4 Å². The first-order chi connectivity index (χ1) is 9.79. The maximum atomic E-state index is 12.8. The van der Waals surface area contributed by atoms with Crippen LogP contribution in [0.1, 0.15) is 65.7 Å². The van der Waals surface area contributed by atoms with E-state index in [1.54, 1.807) is 4.31 Å². The summed E-state index contributed by atoms with van der Waals surface area (Å²) in [5.41, 5.74) is 0.102. The van der Waals surface area contributed by atoms with Gasteiger partial charge in [0.15, 0.2) is 0 Å². The van der Waals surface area contributed by atoms with Crippen LogP contribution in [-0.4, -0.2) is 43.1 Å². The first-order valence-electron chi connectivity index (χ1n) is 8.53. The quantitative estimate of drug-likeness (QED) is 0.867. The SMILES string of the molecule is CC(C)(C)NCC1CCCN(S(=O)(=O)C2CCCCC2)C1. The van der Waals surface area contributed by atoms with Gasteiger partial charge in [-0.25, -0.2) is 12.7 Å². The van der Waals surface area contributed by atoms with Crippen molar-refractivity contribution in [2.75, 3.05) is 19.6 Å². The highest BCUT2D eigenvalue weighted by Crippen LogP contribution is 2.29. The van der Waals surface area contributed by atoms with E-state index in [2.05, 4.69) is 26.1 Å². The normalized spacial score (nSPS) is 26.9. The summed E-state index contributed by atoms with van der Waals surface area (Å²) < 4.78 is 27.4. The minimum Gasteiger partial charge on any atom is -0.312 e. The highest BCUT2D eigenvalue weighted by molar-refractivity contribution is 7.89. The summed E-state index contributed by atoms with van der Waals surface area (Å²) >= 11 is 0. The number of nitrogens with zero attached hydrogens (tertiary/aromatic N) is 1. The summed E-state index contributed by atoms with van der Waals surface area (Å²) in [6.45, 7) is 8.83. The van der Waals surface area contributed by atoms with Crippen LogP contribution in [0.4, 0.5) is 0 Å². The maximum Gasteiger partial charge on any atom is 0.216 e.